The summed E-state index contributed by atoms with van der Waals surface area (Å²) in [5.41, 5.74) is 6.10. The van der Waals surface area contributed by atoms with Gasteiger partial charge in [0.2, 0.25) is 5.95 Å². The molecule has 2 aromatic rings. The molecular weight excluding hydrogens is 274 g/mol. The highest BCUT2D eigenvalue weighted by Crippen LogP contribution is 2.23. The lowest BCUT2D eigenvalue weighted by Crippen LogP contribution is -2.13. The van der Waals surface area contributed by atoms with E-state index in [2.05, 4.69) is 19.7 Å². The summed E-state index contributed by atoms with van der Waals surface area (Å²) in [6.07, 6.45) is 2.30. The summed E-state index contributed by atoms with van der Waals surface area (Å²) in [7, 11) is -3.72. The van der Waals surface area contributed by atoms with Gasteiger partial charge in [0, 0.05) is 4.88 Å². The van der Waals surface area contributed by atoms with Gasteiger partial charge in [-0.25, -0.2) is 23.4 Å². The fraction of sp³-hybridized carbons (Fsp3) is 0.222. The number of hydrogen-bond acceptors (Lipinski definition) is 7. The maximum Gasteiger partial charge on any atom is 0.266 e. The van der Waals surface area contributed by atoms with Crippen molar-refractivity contribution in [2.75, 3.05) is 10.5 Å². The Morgan fingerprint density at radius 3 is 2.39 bits per heavy atom. The number of hydrogen-bond donors (Lipinski definition) is 2. The minimum atomic E-state index is -3.72. The van der Waals surface area contributed by atoms with Crippen molar-refractivity contribution < 1.29 is 8.42 Å². The highest BCUT2D eigenvalue weighted by atomic mass is 32.2. The molecule has 0 aromatic carbocycles. The van der Waals surface area contributed by atoms with Crippen molar-refractivity contribution in [3.63, 3.8) is 0 Å². The van der Waals surface area contributed by atoms with Gasteiger partial charge < -0.3 is 5.73 Å². The van der Waals surface area contributed by atoms with E-state index in [0.717, 1.165) is 23.0 Å². The maximum atomic E-state index is 12.0. The number of nitrogens with two attached hydrogens (primary N) is 1. The molecule has 96 valence electrons. The molecule has 0 saturated heterocycles. The molecule has 0 spiro atoms. The molecule has 0 aliphatic carbocycles. The van der Waals surface area contributed by atoms with E-state index >= 15 is 0 Å². The number of rotatable bonds is 3. The average molecular weight is 285 g/mol. The predicted molar refractivity (Wildman–Crippen MR) is 68.8 cm³/mol. The maximum absolute atomic E-state index is 12.0. The van der Waals surface area contributed by atoms with Crippen LogP contribution in [0, 0.1) is 13.8 Å². The smallest absolute Gasteiger partial charge is 0.266 e. The number of nitrogen functional groups attached to an aromatic ring is 1. The summed E-state index contributed by atoms with van der Waals surface area (Å²) in [4.78, 5) is 12.3. The molecule has 18 heavy (non-hydrogen) atoms. The summed E-state index contributed by atoms with van der Waals surface area (Å²) in [5.74, 6) is 0.0230. The van der Waals surface area contributed by atoms with Crippen molar-refractivity contribution in [1.82, 2.24) is 15.0 Å². The Morgan fingerprint density at radius 1 is 1.28 bits per heavy atom. The molecule has 2 rings (SSSR count). The van der Waals surface area contributed by atoms with E-state index in [4.69, 9.17) is 5.73 Å². The Balaban J connectivity index is 2.29. The van der Waals surface area contributed by atoms with Gasteiger partial charge in [-0.1, -0.05) is 0 Å². The third-order valence-corrected chi connectivity index (χ3v) is 4.62. The van der Waals surface area contributed by atoms with E-state index in [0.29, 0.717) is 5.13 Å². The Kier molecular flexibility index (Phi) is 3.18. The van der Waals surface area contributed by atoms with E-state index in [9.17, 15) is 8.42 Å². The zero-order valence-electron chi connectivity index (χ0n) is 9.71. The van der Waals surface area contributed by atoms with Gasteiger partial charge in [0.05, 0.1) is 18.1 Å². The first-order valence-electron chi connectivity index (χ1n) is 4.93. The molecule has 0 fully saturated rings. The molecule has 0 bridgehead atoms. The molecule has 0 amide bonds. The average Bonchev–Trinajstić information content (AvgIpc) is 2.57. The normalized spacial score (nSPS) is 11.4. The molecular formula is C9H11N5O2S2. The minimum absolute atomic E-state index is 0.0230. The molecule has 0 aliphatic rings. The quantitative estimate of drug-likeness (QED) is 0.868. The molecule has 3 N–H and O–H groups in total. The summed E-state index contributed by atoms with van der Waals surface area (Å²) < 4.78 is 26.3. The van der Waals surface area contributed by atoms with Gasteiger partial charge in [-0.05, 0) is 13.8 Å². The lowest BCUT2D eigenvalue weighted by molar-refractivity contribution is 0.600. The predicted octanol–water partition coefficient (Wildman–Crippen LogP) is 0.933. The van der Waals surface area contributed by atoms with Crippen LogP contribution in [0.15, 0.2) is 17.3 Å². The SMILES string of the molecule is Cc1nc(NS(=O)(=O)c2cnc(N)nc2)sc1C. The van der Waals surface area contributed by atoms with Gasteiger partial charge in [0.15, 0.2) is 5.13 Å². The first kappa shape index (κ1) is 12.7. The van der Waals surface area contributed by atoms with E-state index in [1.54, 1.807) is 0 Å². The summed E-state index contributed by atoms with van der Waals surface area (Å²) >= 11 is 1.27. The lowest BCUT2D eigenvalue weighted by Gasteiger charge is -2.03. The molecule has 0 aliphatic heterocycles. The van der Waals surface area contributed by atoms with Crippen molar-refractivity contribution >= 4 is 32.4 Å². The molecule has 0 unspecified atom stereocenters. The van der Waals surface area contributed by atoms with Crippen molar-refractivity contribution in [1.29, 1.82) is 0 Å². The fourth-order valence-electron chi connectivity index (χ4n) is 1.16. The molecule has 2 heterocycles. The number of anilines is 2. The summed E-state index contributed by atoms with van der Waals surface area (Å²) in [6.45, 7) is 3.69. The number of sulfonamides is 1. The third kappa shape index (κ3) is 2.57. The van der Waals surface area contributed by atoms with Crippen LogP contribution in [0.5, 0.6) is 0 Å². The van der Waals surface area contributed by atoms with Crippen molar-refractivity contribution in [2.45, 2.75) is 18.7 Å². The van der Waals surface area contributed by atoms with Crippen LogP contribution in [0.25, 0.3) is 0 Å². The van der Waals surface area contributed by atoms with E-state index in [-0.39, 0.29) is 10.8 Å². The Bertz CT molecular complexity index is 643. The molecule has 7 nitrogen and oxygen atoms in total. The molecule has 0 saturated carbocycles. The van der Waals surface area contributed by atoms with Crippen molar-refractivity contribution in [3.05, 3.63) is 23.0 Å². The number of aromatic nitrogens is 3. The van der Waals surface area contributed by atoms with E-state index in [1.165, 1.54) is 11.3 Å². The molecule has 0 atom stereocenters. The van der Waals surface area contributed by atoms with Crippen LogP contribution < -0.4 is 10.5 Å². The molecule has 0 radical (unpaired) electrons. The zero-order chi connectivity index (χ0) is 13.3. The fourth-order valence-corrected chi connectivity index (χ4v) is 3.09. The first-order valence-corrected chi connectivity index (χ1v) is 7.23. The second-order valence-electron chi connectivity index (χ2n) is 3.54. The molecule has 9 heteroatoms. The third-order valence-electron chi connectivity index (χ3n) is 2.21. The lowest BCUT2D eigenvalue weighted by atomic mass is 10.4. The van der Waals surface area contributed by atoms with Gasteiger partial charge >= 0.3 is 0 Å². The van der Waals surface area contributed by atoms with Crippen LogP contribution >= 0.6 is 11.3 Å². The van der Waals surface area contributed by atoms with Gasteiger partial charge in [-0.2, -0.15) is 0 Å². The van der Waals surface area contributed by atoms with Crippen LogP contribution in [-0.4, -0.2) is 23.4 Å². The highest BCUT2D eigenvalue weighted by molar-refractivity contribution is 7.93. The topological polar surface area (TPSA) is 111 Å². The van der Waals surface area contributed by atoms with Crippen molar-refractivity contribution in [3.8, 4) is 0 Å². The monoisotopic (exact) mass is 285 g/mol. The van der Waals surface area contributed by atoms with E-state index in [1.807, 2.05) is 13.8 Å². The number of nitrogens with zero attached hydrogens (tertiary/aromatic N) is 3. The standard InChI is InChI=1S/C9H11N5O2S2/c1-5-6(2)17-9(13-5)14-18(15,16)7-3-11-8(10)12-4-7/h3-4H,1-2H3,(H,13,14)(H2,10,11,12). The summed E-state index contributed by atoms with van der Waals surface area (Å²) in [6, 6.07) is 0. The second kappa shape index (κ2) is 4.50. The Labute approximate surface area is 108 Å². The zero-order valence-corrected chi connectivity index (χ0v) is 11.3. The van der Waals surface area contributed by atoms with Gasteiger partial charge in [-0.3, -0.25) is 4.72 Å². The number of aryl methyl sites for hydroxylation is 2. The number of nitrogens with one attached hydrogen (secondary N) is 1. The van der Waals surface area contributed by atoms with Crippen LogP contribution in [0.1, 0.15) is 10.6 Å². The summed E-state index contributed by atoms with van der Waals surface area (Å²) in [5, 5.41) is 0.321. The Morgan fingerprint density at radius 2 is 1.89 bits per heavy atom. The van der Waals surface area contributed by atoms with Crippen LogP contribution in [0.3, 0.4) is 0 Å². The van der Waals surface area contributed by atoms with Crippen molar-refractivity contribution in [2.24, 2.45) is 0 Å². The number of thiazole rings is 1. The van der Waals surface area contributed by atoms with E-state index < -0.39 is 10.0 Å². The van der Waals surface area contributed by atoms with Gasteiger partial charge in [-0.15, -0.1) is 11.3 Å². The van der Waals surface area contributed by atoms with Crippen LogP contribution in [0.2, 0.25) is 0 Å². The largest absolute Gasteiger partial charge is 0.368 e. The van der Waals surface area contributed by atoms with Gasteiger partial charge in [0.1, 0.15) is 4.90 Å². The highest BCUT2D eigenvalue weighted by Gasteiger charge is 2.17. The first-order chi connectivity index (χ1) is 8.38. The Hall–Kier alpha value is -1.74. The second-order valence-corrected chi connectivity index (χ2v) is 6.43. The minimum Gasteiger partial charge on any atom is -0.368 e. The van der Waals surface area contributed by atoms with Gasteiger partial charge in [0.25, 0.3) is 10.0 Å². The van der Waals surface area contributed by atoms with Crippen LogP contribution in [-0.2, 0) is 10.0 Å². The molecule has 2 aromatic heterocycles. The van der Waals surface area contributed by atoms with Crippen LogP contribution in [0.4, 0.5) is 11.1 Å².